The van der Waals surface area contributed by atoms with Gasteiger partial charge in [0.15, 0.2) is 0 Å². The highest BCUT2D eigenvalue weighted by Crippen LogP contribution is 2.89. The number of rotatable bonds is 5. The summed E-state index contributed by atoms with van der Waals surface area (Å²) in [7, 11) is 0. The van der Waals surface area contributed by atoms with Crippen LogP contribution < -0.4 is 5.32 Å². The lowest BCUT2D eigenvalue weighted by Crippen LogP contribution is -2.60. The van der Waals surface area contributed by atoms with Crippen molar-refractivity contribution >= 4 is 6.09 Å². The van der Waals surface area contributed by atoms with E-state index in [4.69, 9.17) is 14.2 Å². The average Bonchev–Trinajstić information content (AvgIpc) is 3.61. The van der Waals surface area contributed by atoms with Crippen molar-refractivity contribution in [1.82, 2.24) is 10.2 Å². The lowest BCUT2D eigenvalue weighted by atomic mass is 9.41. The normalized spacial score (nSPS) is 50.8. The van der Waals surface area contributed by atoms with Crippen molar-refractivity contribution in [3.8, 4) is 0 Å². The summed E-state index contributed by atoms with van der Waals surface area (Å²) < 4.78 is 19.4. The highest BCUT2D eigenvalue weighted by Gasteiger charge is 2.84. The van der Waals surface area contributed by atoms with E-state index in [1.807, 2.05) is 25.7 Å². The number of piperazine rings is 1. The summed E-state index contributed by atoms with van der Waals surface area (Å²) >= 11 is 0. The maximum absolute atomic E-state index is 13.2. The number of aliphatic hydroxyl groups is 2. The van der Waals surface area contributed by atoms with Gasteiger partial charge in [-0.25, -0.2) is 4.79 Å². The molecule has 45 heavy (non-hydrogen) atoms. The second-order valence-corrected chi connectivity index (χ2v) is 18.2. The smallest absolute Gasteiger partial charge is 0.410 e. The van der Waals surface area contributed by atoms with Gasteiger partial charge in [0.25, 0.3) is 0 Å². The molecule has 2 heterocycles. The van der Waals surface area contributed by atoms with E-state index < -0.39 is 17.8 Å². The van der Waals surface area contributed by atoms with Gasteiger partial charge in [-0.1, -0.05) is 34.6 Å². The predicted molar refractivity (Wildman–Crippen MR) is 173 cm³/mol. The molecule has 3 N–H and O–H groups in total. The Morgan fingerprint density at radius 3 is 2.38 bits per heavy atom. The molecule has 3 unspecified atom stereocenters. The summed E-state index contributed by atoms with van der Waals surface area (Å²) in [6.45, 7) is 21.3. The minimum Gasteiger partial charge on any atom is -0.446 e. The number of nitrogens with one attached hydrogen (secondary N) is 1. The Bertz CT molecular complexity index is 1170. The van der Waals surface area contributed by atoms with Crippen LogP contribution in [0.1, 0.15) is 107 Å². The second kappa shape index (κ2) is 10.5. The van der Waals surface area contributed by atoms with Gasteiger partial charge >= 0.3 is 6.09 Å². The summed E-state index contributed by atoms with van der Waals surface area (Å²) in [5, 5.41) is 26.9. The second-order valence-electron chi connectivity index (χ2n) is 18.2. The van der Waals surface area contributed by atoms with Crippen LogP contribution in [0.3, 0.4) is 0 Å². The fourth-order valence-electron chi connectivity index (χ4n) is 13.7. The van der Waals surface area contributed by atoms with Crippen molar-refractivity contribution in [1.29, 1.82) is 0 Å². The number of aliphatic hydroxyl groups excluding tert-OH is 1. The molecule has 2 saturated heterocycles. The van der Waals surface area contributed by atoms with Crippen molar-refractivity contribution in [3.63, 3.8) is 0 Å². The molecule has 1 amide bonds. The van der Waals surface area contributed by atoms with E-state index in [1.54, 1.807) is 0 Å². The molecule has 0 aromatic rings. The van der Waals surface area contributed by atoms with Crippen LogP contribution in [0.25, 0.3) is 0 Å². The van der Waals surface area contributed by atoms with Crippen LogP contribution in [0, 0.1) is 50.7 Å². The summed E-state index contributed by atoms with van der Waals surface area (Å²) in [5.41, 5.74) is -0.793. The Morgan fingerprint density at radius 2 is 1.71 bits per heavy atom. The molecular formula is C37H62N2O6. The monoisotopic (exact) mass is 630 g/mol. The van der Waals surface area contributed by atoms with E-state index in [-0.39, 0.29) is 51.5 Å². The molecule has 7 fully saturated rings. The molecule has 2 spiro atoms. The molecule has 256 valence electrons. The van der Waals surface area contributed by atoms with E-state index >= 15 is 0 Å². The molecule has 8 nitrogen and oxygen atoms in total. The van der Waals surface area contributed by atoms with Crippen LogP contribution in [-0.4, -0.2) is 90.1 Å². The first-order valence-electron chi connectivity index (χ1n) is 18.4. The Morgan fingerprint density at radius 1 is 1.04 bits per heavy atom. The summed E-state index contributed by atoms with van der Waals surface area (Å²) in [5.74, 6) is 1.66. The lowest BCUT2D eigenvalue weighted by Gasteiger charge is -2.63. The third-order valence-electron chi connectivity index (χ3n) is 15.8. The van der Waals surface area contributed by atoms with Crippen molar-refractivity contribution in [3.05, 3.63) is 0 Å². The van der Waals surface area contributed by atoms with Gasteiger partial charge in [0, 0.05) is 43.6 Å². The highest BCUT2D eigenvalue weighted by atomic mass is 16.6. The third-order valence-corrected chi connectivity index (χ3v) is 15.8. The number of ether oxygens (including phenoxy) is 3. The van der Waals surface area contributed by atoms with Gasteiger partial charge in [0.2, 0.25) is 0 Å². The van der Waals surface area contributed by atoms with E-state index in [0.717, 1.165) is 64.7 Å². The van der Waals surface area contributed by atoms with Gasteiger partial charge in [-0.2, -0.15) is 0 Å². The number of hydrogen-bond acceptors (Lipinski definition) is 7. The molecule has 0 aromatic heterocycles. The highest BCUT2D eigenvalue weighted by molar-refractivity contribution is 5.68. The quantitative estimate of drug-likeness (QED) is 0.375. The average molecular weight is 631 g/mol. The molecule has 0 radical (unpaired) electrons. The zero-order valence-corrected chi connectivity index (χ0v) is 29.4. The van der Waals surface area contributed by atoms with Crippen LogP contribution in [0.4, 0.5) is 4.79 Å². The van der Waals surface area contributed by atoms with E-state index in [0.29, 0.717) is 30.3 Å². The van der Waals surface area contributed by atoms with Gasteiger partial charge in [-0.15, -0.1) is 0 Å². The maximum atomic E-state index is 13.2. The van der Waals surface area contributed by atoms with Crippen LogP contribution in [-0.2, 0) is 14.2 Å². The standard InChI is InChI=1S/C37H62N2O6/c1-9-43-30(33(5,6)42)23-20-22(2)27-28(44-23)29(40)35(8)25-11-10-24-32(3,4)26(45-31(41)39-18-16-38-17-19-39)12-13-36(24)21-37(25,36)15-14-34(27,35)7/h22-30,38,40,42H,9-21H2,1-8H3/t22-,23?,24+,25?,26+,27+,28?,29+,30+,34-,35-,36-,37+/m1/s1. The van der Waals surface area contributed by atoms with Crippen molar-refractivity contribution in [2.24, 2.45) is 50.7 Å². The zero-order chi connectivity index (χ0) is 32.4. The zero-order valence-electron chi connectivity index (χ0n) is 29.4. The van der Waals surface area contributed by atoms with E-state index in [1.165, 1.54) is 12.8 Å². The summed E-state index contributed by atoms with van der Waals surface area (Å²) in [6, 6.07) is 0. The Kier molecular flexibility index (Phi) is 7.63. The molecule has 7 rings (SSSR count). The van der Waals surface area contributed by atoms with E-state index in [9.17, 15) is 15.0 Å². The van der Waals surface area contributed by atoms with Crippen LogP contribution in [0.15, 0.2) is 0 Å². The molecule has 7 aliphatic rings. The molecule has 13 atom stereocenters. The van der Waals surface area contributed by atoms with Crippen LogP contribution >= 0.6 is 0 Å². The molecule has 5 aliphatic carbocycles. The lowest BCUT2D eigenvalue weighted by molar-refractivity contribution is -0.215. The number of carbonyl (C=O) groups excluding carboxylic acids is 1. The molecule has 0 aromatic carbocycles. The molecule has 5 saturated carbocycles. The van der Waals surface area contributed by atoms with Crippen molar-refractivity contribution in [2.45, 2.75) is 143 Å². The SMILES string of the molecule is CCO[C@@H](C1C[C@@H](C)[C@H]2C(O1)[C@H](O)[C@@]1(C)C3CC[C@H]4C(C)(C)[C@@H](OC(=O)N5CCNCC5)CC[C@@]45C[C@@]35CC[C@]21C)C(C)(C)O. The molecular weight excluding hydrogens is 568 g/mol. The van der Waals surface area contributed by atoms with Gasteiger partial charge in [0.05, 0.1) is 23.9 Å². The summed E-state index contributed by atoms with van der Waals surface area (Å²) in [4.78, 5) is 15.1. The van der Waals surface area contributed by atoms with Gasteiger partial charge in [-0.3, -0.25) is 0 Å². The Labute approximate surface area is 271 Å². The van der Waals surface area contributed by atoms with Gasteiger partial charge in [-0.05, 0) is 112 Å². The maximum Gasteiger partial charge on any atom is 0.410 e. The van der Waals surface area contributed by atoms with E-state index in [2.05, 4.69) is 39.9 Å². The topological polar surface area (TPSA) is 100 Å². The van der Waals surface area contributed by atoms with Gasteiger partial charge < -0.3 is 34.6 Å². The van der Waals surface area contributed by atoms with Gasteiger partial charge in [0.1, 0.15) is 12.2 Å². The largest absolute Gasteiger partial charge is 0.446 e. The van der Waals surface area contributed by atoms with Crippen LogP contribution in [0.2, 0.25) is 0 Å². The minimum absolute atomic E-state index is 0.00457. The number of nitrogens with zero attached hydrogens (tertiary/aromatic N) is 1. The number of carbonyl (C=O) groups is 1. The minimum atomic E-state index is -1.02. The Hall–Kier alpha value is -0.930. The first-order chi connectivity index (χ1) is 21.1. The number of amides is 1. The third kappa shape index (κ3) is 4.29. The number of fused-ring (bicyclic) bond motifs is 4. The molecule has 8 heteroatoms. The Balaban J connectivity index is 1.14. The van der Waals surface area contributed by atoms with Crippen LogP contribution in [0.5, 0.6) is 0 Å². The summed E-state index contributed by atoms with van der Waals surface area (Å²) in [6.07, 6.45) is 7.19. The van der Waals surface area contributed by atoms with Crippen molar-refractivity contribution < 1.29 is 29.2 Å². The first-order valence-corrected chi connectivity index (χ1v) is 18.4. The van der Waals surface area contributed by atoms with Crippen molar-refractivity contribution in [2.75, 3.05) is 32.8 Å². The predicted octanol–water partition coefficient (Wildman–Crippen LogP) is 5.39. The number of hydrogen-bond donors (Lipinski definition) is 3. The molecule has 2 aliphatic heterocycles. The fraction of sp³-hybridized carbons (Fsp3) is 0.973. The first kappa shape index (κ1) is 32.6. The molecule has 0 bridgehead atoms. The fourth-order valence-corrected chi connectivity index (χ4v) is 13.7.